The summed E-state index contributed by atoms with van der Waals surface area (Å²) in [7, 11) is 3.86. The number of phenolic OH excluding ortho intramolecular Hbond substituents is 2. The number of hydrogen-bond donors (Lipinski definition) is 9. The fourth-order valence-electron chi connectivity index (χ4n) is 6.49. The summed E-state index contributed by atoms with van der Waals surface area (Å²) >= 11 is 0. The molecule has 20 nitrogen and oxygen atoms in total. The number of hydrogen-bond acceptors (Lipinski definition) is 13. The highest BCUT2D eigenvalue weighted by Gasteiger charge is 2.28. The maximum absolute atomic E-state index is 14.0. The minimum atomic E-state index is -1.42. The minimum Gasteiger partial charge on any atom is -0.508 e. The standard InChI is InChI=1S/C46H42N8O12/c1-24(21-25-5-15-31(55)16-6-25)41(58)48-28-11-7-26(8-12-28)43(60)51-36(22-29-23-47-53-52-29)45(62)54(2)30-13-9-27(10-14-30)42(59)49-34-19-17-32(37(56)39(34)65-3)44(61)50-35-20-18-33(46(63)64)38(57)40(35)66-4/h5-21,23,36,55-57H,22H2,1-4H3,(H,48,58)(H,49,59)(H,50,61)(H,51,60)(H,63,64)(H,47,52,53)/b24-21+/t36-/m0/s1. The predicted molar refractivity (Wildman–Crippen MR) is 240 cm³/mol. The van der Waals surface area contributed by atoms with Gasteiger partial charge >= 0.3 is 5.97 Å². The molecule has 5 aromatic carbocycles. The van der Waals surface area contributed by atoms with Crippen LogP contribution < -0.4 is 35.6 Å². The maximum atomic E-state index is 14.0. The summed E-state index contributed by atoms with van der Waals surface area (Å²) in [5.74, 6) is -6.28. The molecule has 0 spiro atoms. The first-order valence-corrected chi connectivity index (χ1v) is 19.7. The van der Waals surface area contributed by atoms with Gasteiger partial charge in [-0.1, -0.05) is 17.3 Å². The number of carbonyl (C=O) groups excluding carboxylic acids is 5. The van der Waals surface area contributed by atoms with Crippen molar-refractivity contribution in [2.45, 2.75) is 19.4 Å². The molecule has 5 amide bonds. The van der Waals surface area contributed by atoms with Crippen molar-refractivity contribution in [2.75, 3.05) is 42.1 Å². The molecule has 6 aromatic rings. The van der Waals surface area contributed by atoms with Crippen LogP contribution in [-0.2, 0) is 16.0 Å². The van der Waals surface area contributed by atoms with Gasteiger partial charge in [0, 0.05) is 47.7 Å². The van der Waals surface area contributed by atoms with Gasteiger partial charge in [0.2, 0.25) is 5.91 Å². The molecule has 0 saturated heterocycles. The lowest BCUT2D eigenvalue weighted by molar-refractivity contribution is -0.120. The molecule has 20 heteroatoms. The second kappa shape index (κ2) is 20.3. The molecule has 9 N–H and O–H groups in total. The highest BCUT2D eigenvalue weighted by Crippen LogP contribution is 2.40. The van der Waals surface area contributed by atoms with E-state index in [1.807, 2.05) is 0 Å². The second-order valence-corrected chi connectivity index (χ2v) is 14.4. The van der Waals surface area contributed by atoms with Crippen LogP contribution in [0, 0.1) is 0 Å². The number of ether oxygens (including phenoxy) is 2. The molecular weight excluding hydrogens is 857 g/mol. The van der Waals surface area contributed by atoms with E-state index in [9.17, 15) is 49.2 Å². The summed E-state index contributed by atoms with van der Waals surface area (Å²) in [6.45, 7) is 1.64. The number of amides is 5. The van der Waals surface area contributed by atoms with E-state index in [1.165, 1.54) is 92.0 Å². The number of carbonyl (C=O) groups is 6. The number of carboxylic acid groups (broad SMARTS) is 1. The van der Waals surface area contributed by atoms with E-state index >= 15 is 0 Å². The van der Waals surface area contributed by atoms with Gasteiger partial charge in [-0.15, -0.1) is 5.10 Å². The third kappa shape index (κ3) is 10.7. The molecule has 0 bridgehead atoms. The Balaban J connectivity index is 1.10. The maximum Gasteiger partial charge on any atom is 0.339 e. The SMILES string of the molecule is COc1c(NC(=O)c2ccc(NC(=O)c3ccc(N(C)C(=O)[C@H](Cc4c[nH]nn4)NC(=O)c4ccc(NC(=O)/C(C)=C/c5ccc(O)cc5)cc4)cc3)c(OC)c2O)ccc(C(=O)O)c1O. The second-order valence-electron chi connectivity index (χ2n) is 14.4. The number of nitrogens with zero attached hydrogens (tertiary/aromatic N) is 3. The lowest BCUT2D eigenvalue weighted by Gasteiger charge is -2.24. The summed E-state index contributed by atoms with van der Waals surface area (Å²) in [6, 6.07) is 22.0. The molecule has 1 aromatic heterocycles. The Hall–Kier alpha value is -9.20. The first kappa shape index (κ1) is 46.3. The fraction of sp³-hybridized carbons (Fsp3) is 0.130. The Bertz CT molecular complexity index is 2830. The number of carboxylic acids is 1. The Labute approximate surface area is 375 Å². The zero-order chi connectivity index (χ0) is 47.7. The summed E-state index contributed by atoms with van der Waals surface area (Å²) in [5.41, 5.74) is 1.79. The van der Waals surface area contributed by atoms with Gasteiger partial charge in [-0.2, -0.15) is 0 Å². The molecule has 0 aliphatic heterocycles. The molecule has 0 radical (unpaired) electrons. The molecule has 0 aliphatic carbocycles. The van der Waals surface area contributed by atoms with Crippen molar-refractivity contribution < 1.29 is 58.7 Å². The van der Waals surface area contributed by atoms with E-state index in [-0.39, 0.29) is 57.6 Å². The number of aromatic nitrogens is 3. The number of benzene rings is 5. The van der Waals surface area contributed by atoms with E-state index in [2.05, 4.69) is 36.7 Å². The Morgan fingerprint density at radius 2 is 1.27 bits per heavy atom. The van der Waals surface area contributed by atoms with Crippen molar-refractivity contribution in [3.63, 3.8) is 0 Å². The monoisotopic (exact) mass is 898 g/mol. The average molecular weight is 899 g/mol. The van der Waals surface area contributed by atoms with Crippen LogP contribution in [0.2, 0.25) is 0 Å². The smallest absolute Gasteiger partial charge is 0.339 e. The zero-order valence-electron chi connectivity index (χ0n) is 35.6. The van der Waals surface area contributed by atoms with Crippen molar-refractivity contribution >= 4 is 64.3 Å². The molecule has 338 valence electrons. The summed E-state index contributed by atoms with van der Waals surface area (Å²) in [4.78, 5) is 79.5. The Kier molecular flexibility index (Phi) is 14.3. The van der Waals surface area contributed by atoms with E-state index < -0.39 is 52.7 Å². The summed E-state index contributed by atoms with van der Waals surface area (Å²) in [5, 5.41) is 60.9. The molecule has 0 saturated carbocycles. The molecule has 66 heavy (non-hydrogen) atoms. The Morgan fingerprint density at radius 1 is 0.712 bits per heavy atom. The number of nitrogens with one attached hydrogen (secondary N) is 5. The van der Waals surface area contributed by atoms with Crippen molar-refractivity contribution in [1.29, 1.82) is 0 Å². The van der Waals surface area contributed by atoms with Gasteiger partial charge in [-0.05, 0) is 103 Å². The zero-order valence-corrected chi connectivity index (χ0v) is 35.6. The molecule has 6 rings (SSSR count). The van der Waals surface area contributed by atoms with Crippen LogP contribution in [0.1, 0.15) is 59.6 Å². The molecule has 0 unspecified atom stereocenters. The van der Waals surface area contributed by atoms with Crippen LogP contribution in [0.3, 0.4) is 0 Å². The van der Waals surface area contributed by atoms with Gasteiger partial charge in [-0.25, -0.2) is 4.79 Å². The van der Waals surface area contributed by atoms with Crippen LogP contribution in [0.25, 0.3) is 6.08 Å². The number of rotatable bonds is 16. The number of aromatic amines is 1. The van der Waals surface area contributed by atoms with Gasteiger partial charge < -0.3 is 56.1 Å². The largest absolute Gasteiger partial charge is 0.508 e. The Morgan fingerprint density at radius 3 is 1.85 bits per heavy atom. The number of anilines is 4. The van der Waals surface area contributed by atoms with E-state index in [0.29, 0.717) is 22.6 Å². The van der Waals surface area contributed by atoms with E-state index in [0.717, 1.165) is 18.7 Å². The van der Waals surface area contributed by atoms with E-state index in [1.54, 1.807) is 37.3 Å². The molecule has 0 aliphatic rings. The van der Waals surface area contributed by atoms with Gasteiger partial charge in [0.25, 0.3) is 23.6 Å². The van der Waals surface area contributed by atoms with Crippen molar-refractivity contribution in [3.05, 3.63) is 142 Å². The first-order valence-electron chi connectivity index (χ1n) is 19.7. The number of phenols is 3. The lowest BCUT2D eigenvalue weighted by Crippen LogP contribution is -2.48. The predicted octanol–water partition coefficient (Wildman–Crippen LogP) is 5.19. The van der Waals surface area contributed by atoms with Crippen molar-refractivity contribution in [3.8, 4) is 28.7 Å². The number of aromatic carboxylic acids is 1. The first-order chi connectivity index (χ1) is 31.6. The number of methoxy groups -OCH3 is 2. The number of H-pyrrole nitrogens is 1. The normalized spacial score (nSPS) is 11.4. The minimum absolute atomic E-state index is 0.00554. The van der Waals surface area contributed by atoms with Crippen molar-refractivity contribution in [2.24, 2.45) is 0 Å². The van der Waals surface area contributed by atoms with Crippen LogP contribution in [0.4, 0.5) is 22.7 Å². The van der Waals surface area contributed by atoms with Crippen LogP contribution >= 0.6 is 0 Å². The quantitative estimate of drug-likeness (QED) is 0.0566. The van der Waals surface area contributed by atoms with Gasteiger partial charge in [0.05, 0.1) is 36.9 Å². The highest BCUT2D eigenvalue weighted by atomic mass is 16.5. The third-order valence-electron chi connectivity index (χ3n) is 10.0. The lowest BCUT2D eigenvalue weighted by atomic mass is 10.1. The topological polar surface area (TPSA) is 295 Å². The summed E-state index contributed by atoms with van der Waals surface area (Å²) in [6.07, 6.45) is 3.12. The molecule has 1 atom stereocenters. The third-order valence-corrected chi connectivity index (χ3v) is 10.0. The van der Waals surface area contributed by atoms with Crippen LogP contribution in [-0.4, -0.2) is 98.7 Å². The molecule has 0 fully saturated rings. The average Bonchev–Trinajstić information content (AvgIpc) is 3.82. The van der Waals surface area contributed by atoms with Gasteiger partial charge in [-0.3, -0.25) is 29.1 Å². The van der Waals surface area contributed by atoms with Gasteiger partial charge in [0.15, 0.2) is 23.0 Å². The number of likely N-dealkylation sites (N-methyl/N-ethyl adjacent to an activating group) is 1. The van der Waals surface area contributed by atoms with Crippen LogP contribution in [0.5, 0.6) is 28.7 Å². The summed E-state index contributed by atoms with van der Waals surface area (Å²) < 4.78 is 10.4. The van der Waals surface area contributed by atoms with Crippen LogP contribution in [0.15, 0.2) is 109 Å². The highest BCUT2D eigenvalue weighted by molar-refractivity contribution is 6.11. The fourth-order valence-corrected chi connectivity index (χ4v) is 6.49. The number of aromatic hydroxyl groups is 3. The molecule has 1 heterocycles. The van der Waals surface area contributed by atoms with Crippen molar-refractivity contribution in [1.82, 2.24) is 20.7 Å². The van der Waals surface area contributed by atoms with E-state index in [4.69, 9.17) is 9.47 Å². The molecular formula is C46H42N8O12. The van der Waals surface area contributed by atoms with Gasteiger partial charge in [0.1, 0.15) is 17.4 Å².